The molecule has 1 aromatic heterocycles. The molecule has 0 atom stereocenters. The molecule has 1 aliphatic carbocycles. The number of hydrogen-bond donors (Lipinski definition) is 1. The minimum atomic E-state index is -0.273. The maximum absolute atomic E-state index is 5.79. The highest BCUT2D eigenvalue weighted by Gasteiger charge is 2.28. The van der Waals surface area contributed by atoms with Gasteiger partial charge in [0.25, 0.3) is 0 Å². The Bertz CT molecular complexity index is 879. The van der Waals surface area contributed by atoms with Crippen molar-refractivity contribution < 1.29 is 9.47 Å². The van der Waals surface area contributed by atoms with Gasteiger partial charge in [0, 0.05) is 22.6 Å². The van der Waals surface area contributed by atoms with E-state index >= 15 is 0 Å². The Morgan fingerprint density at radius 1 is 1.25 bits per heavy atom. The fraction of sp³-hybridized carbons (Fsp3) is 0.545. The zero-order valence-corrected chi connectivity index (χ0v) is 16.9. The van der Waals surface area contributed by atoms with Crippen molar-refractivity contribution in [1.29, 1.82) is 0 Å². The standard InChI is InChI=1S/C22H28N4O2/c1-16-11-17(5-4-10-23-18-7-8-18)6-9-19(16)20-12-26(25-24-20)13-21-27-14-22(2,3)15-28-21/h6,9,11-12,18,21,23H,7-8,10,13-15H2,1-3H3. The molecule has 4 rings (SSSR count). The van der Waals surface area contributed by atoms with Gasteiger partial charge in [-0.05, 0) is 37.5 Å². The average molecular weight is 380 g/mol. The fourth-order valence-electron chi connectivity index (χ4n) is 3.15. The van der Waals surface area contributed by atoms with E-state index in [0.29, 0.717) is 25.8 Å². The highest BCUT2D eigenvalue weighted by molar-refractivity contribution is 5.64. The van der Waals surface area contributed by atoms with Gasteiger partial charge in [0.05, 0.1) is 32.5 Å². The molecule has 28 heavy (non-hydrogen) atoms. The molecule has 0 bridgehead atoms. The maximum atomic E-state index is 5.79. The summed E-state index contributed by atoms with van der Waals surface area (Å²) in [5.41, 5.74) is 4.15. The normalized spacial score (nSPS) is 19.2. The Labute approximate surface area is 166 Å². The Morgan fingerprint density at radius 2 is 2.04 bits per heavy atom. The van der Waals surface area contributed by atoms with E-state index in [1.807, 2.05) is 12.3 Å². The first-order valence-corrected chi connectivity index (χ1v) is 9.95. The largest absolute Gasteiger partial charge is 0.350 e. The molecule has 1 saturated carbocycles. The minimum Gasteiger partial charge on any atom is -0.350 e. The van der Waals surface area contributed by atoms with Crippen LogP contribution in [0.2, 0.25) is 0 Å². The number of aryl methyl sites for hydroxylation is 1. The summed E-state index contributed by atoms with van der Waals surface area (Å²) in [6, 6.07) is 6.91. The van der Waals surface area contributed by atoms with Crippen LogP contribution in [0.3, 0.4) is 0 Å². The molecule has 1 aliphatic heterocycles. The zero-order chi connectivity index (χ0) is 19.6. The fourth-order valence-corrected chi connectivity index (χ4v) is 3.15. The van der Waals surface area contributed by atoms with Crippen LogP contribution in [0.5, 0.6) is 0 Å². The Hall–Kier alpha value is -2.20. The third kappa shape index (κ3) is 4.99. The van der Waals surface area contributed by atoms with Crippen LogP contribution in [0, 0.1) is 24.2 Å². The molecule has 2 aromatic rings. The van der Waals surface area contributed by atoms with Gasteiger partial charge in [-0.2, -0.15) is 0 Å². The summed E-state index contributed by atoms with van der Waals surface area (Å²) in [6.07, 6.45) is 4.24. The van der Waals surface area contributed by atoms with Crippen molar-refractivity contribution in [3.8, 4) is 23.1 Å². The summed E-state index contributed by atoms with van der Waals surface area (Å²) < 4.78 is 13.4. The minimum absolute atomic E-state index is 0.0692. The highest BCUT2D eigenvalue weighted by atomic mass is 16.7. The van der Waals surface area contributed by atoms with E-state index in [9.17, 15) is 0 Å². The summed E-state index contributed by atoms with van der Waals surface area (Å²) >= 11 is 0. The lowest BCUT2D eigenvalue weighted by molar-refractivity contribution is -0.227. The van der Waals surface area contributed by atoms with E-state index in [4.69, 9.17) is 9.47 Å². The van der Waals surface area contributed by atoms with Crippen LogP contribution in [-0.2, 0) is 16.0 Å². The molecule has 0 unspecified atom stereocenters. The number of aromatic nitrogens is 3. The molecule has 6 heteroatoms. The van der Waals surface area contributed by atoms with Crippen LogP contribution >= 0.6 is 0 Å². The molecule has 2 heterocycles. The predicted octanol–water partition coefficient (Wildman–Crippen LogP) is 2.76. The van der Waals surface area contributed by atoms with Crippen molar-refractivity contribution in [1.82, 2.24) is 20.3 Å². The Morgan fingerprint density at radius 3 is 2.75 bits per heavy atom. The smallest absolute Gasteiger partial charge is 0.177 e. The van der Waals surface area contributed by atoms with E-state index in [-0.39, 0.29) is 11.7 Å². The SMILES string of the molecule is Cc1cc(C#CCNC2CC2)ccc1-c1cn(CC2OCC(C)(C)CO2)nn1. The molecule has 0 spiro atoms. The predicted molar refractivity (Wildman–Crippen MR) is 108 cm³/mol. The second kappa shape index (κ2) is 8.04. The third-order valence-corrected chi connectivity index (χ3v) is 4.99. The highest BCUT2D eigenvalue weighted by Crippen LogP contribution is 2.25. The molecule has 0 radical (unpaired) electrons. The van der Waals surface area contributed by atoms with E-state index in [1.165, 1.54) is 12.8 Å². The maximum Gasteiger partial charge on any atom is 0.177 e. The first kappa shape index (κ1) is 19.1. The first-order chi connectivity index (χ1) is 13.5. The number of nitrogens with zero attached hydrogens (tertiary/aromatic N) is 3. The quantitative estimate of drug-likeness (QED) is 0.809. The van der Waals surface area contributed by atoms with Crippen molar-refractivity contribution in [2.45, 2.75) is 52.5 Å². The number of rotatable bonds is 5. The molecule has 1 saturated heterocycles. The first-order valence-electron chi connectivity index (χ1n) is 9.95. The molecule has 1 aromatic carbocycles. The van der Waals surface area contributed by atoms with Gasteiger partial charge < -0.3 is 14.8 Å². The Balaban J connectivity index is 1.37. The van der Waals surface area contributed by atoms with Crippen molar-refractivity contribution in [2.75, 3.05) is 19.8 Å². The summed E-state index contributed by atoms with van der Waals surface area (Å²) in [4.78, 5) is 0. The number of nitrogens with one attached hydrogen (secondary N) is 1. The second-order valence-electron chi connectivity index (χ2n) is 8.53. The lowest BCUT2D eigenvalue weighted by Crippen LogP contribution is -2.39. The Kier molecular flexibility index (Phi) is 5.49. The van der Waals surface area contributed by atoms with Crippen molar-refractivity contribution >= 4 is 0 Å². The molecule has 6 nitrogen and oxygen atoms in total. The second-order valence-corrected chi connectivity index (χ2v) is 8.53. The third-order valence-electron chi connectivity index (χ3n) is 4.99. The van der Waals surface area contributed by atoms with Gasteiger partial charge in [-0.25, -0.2) is 4.68 Å². The molecule has 148 valence electrons. The molecule has 0 amide bonds. The van der Waals surface area contributed by atoms with Gasteiger partial charge in [-0.15, -0.1) is 5.10 Å². The van der Waals surface area contributed by atoms with Gasteiger partial charge in [0.2, 0.25) is 0 Å². The van der Waals surface area contributed by atoms with Gasteiger partial charge in [0.15, 0.2) is 6.29 Å². The summed E-state index contributed by atoms with van der Waals surface area (Å²) in [5.74, 6) is 6.42. The molecule has 2 aliphatic rings. The molecular formula is C22H28N4O2. The topological polar surface area (TPSA) is 61.2 Å². The van der Waals surface area contributed by atoms with Crippen LogP contribution < -0.4 is 5.32 Å². The van der Waals surface area contributed by atoms with Crippen LogP contribution in [0.25, 0.3) is 11.3 Å². The van der Waals surface area contributed by atoms with Crippen molar-refractivity contribution in [2.24, 2.45) is 5.41 Å². The van der Waals surface area contributed by atoms with Crippen molar-refractivity contribution in [3.05, 3.63) is 35.5 Å². The summed E-state index contributed by atoms with van der Waals surface area (Å²) in [5, 5.41) is 12.0. The zero-order valence-electron chi connectivity index (χ0n) is 16.9. The van der Waals surface area contributed by atoms with E-state index in [0.717, 1.165) is 28.9 Å². The van der Waals surface area contributed by atoms with Gasteiger partial charge >= 0.3 is 0 Å². The monoisotopic (exact) mass is 380 g/mol. The molecule has 1 N–H and O–H groups in total. The summed E-state index contributed by atoms with van der Waals surface area (Å²) in [6.45, 7) is 9.03. The molecule has 2 fully saturated rings. The lowest BCUT2D eigenvalue weighted by Gasteiger charge is -2.34. The number of hydrogen-bond acceptors (Lipinski definition) is 5. The van der Waals surface area contributed by atoms with Gasteiger partial charge in [0.1, 0.15) is 5.69 Å². The lowest BCUT2D eigenvalue weighted by atomic mass is 9.96. The number of ether oxygens (including phenoxy) is 2. The average Bonchev–Trinajstić information content (AvgIpc) is 3.38. The van der Waals surface area contributed by atoms with Gasteiger partial charge in [-0.3, -0.25) is 0 Å². The van der Waals surface area contributed by atoms with E-state index in [2.05, 4.69) is 60.4 Å². The van der Waals surface area contributed by atoms with Crippen LogP contribution in [0.1, 0.15) is 37.8 Å². The van der Waals surface area contributed by atoms with Crippen LogP contribution in [0.4, 0.5) is 0 Å². The van der Waals surface area contributed by atoms with Crippen LogP contribution in [-0.4, -0.2) is 47.1 Å². The van der Waals surface area contributed by atoms with E-state index < -0.39 is 0 Å². The van der Waals surface area contributed by atoms with Gasteiger partial charge in [-0.1, -0.05) is 37.0 Å². The summed E-state index contributed by atoms with van der Waals surface area (Å²) in [7, 11) is 0. The van der Waals surface area contributed by atoms with Crippen molar-refractivity contribution in [3.63, 3.8) is 0 Å². The number of benzene rings is 1. The van der Waals surface area contributed by atoms with Crippen LogP contribution in [0.15, 0.2) is 24.4 Å². The molecular weight excluding hydrogens is 352 g/mol. The van der Waals surface area contributed by atoms with E-state index in [1.54, 1.807) is 4.68 Å².